The largest absolute Gasteiger partial charge is 0.349 e. The highest BCUT2D eigenvalue weighted by Gasteiger charge is 2.13. The first-order valence-corrected chi connectivity index (χ1v) is 9.42. The summed E-state index contributed by atoms with van der Waals surface area (Å²) in [5, 5.41) is 1.64. The van der Waals surface area contributed by atoms with Gasteiger partial charge in [-0.05, 0) is 60.9 Å². The molecule has 3 rings (SSSR count). The highest BCUT2D eigenvalue weighted by atomic mass is 35.5. The Morgan fingerprint density at radius 2 is 1.68 bits per heavy atom. The van der Waals surface area contributed by atoms with Crippen molar-refractivity contribution >= 4 is 23.2 Å². The summed E-state index contributed by atoms with van der Waals surface area (Å²) in [7, 11) is 0. The lowest BCUT2D eigenvalue weighted by molar-refractivity contribution is 0.440. The molecule has 1 atom stereocenters. The number of aryl methyl sites for hydroxylation is 2. The van der Waals surface area contributed by atoms with Crippen LogP contribution in [0.3, 0.4) is 0 Å². The van der Waals surface area contributed by atoms with Crippen molar-refractivity contribution in [1.29, 1.82) is 0 Å². The number of rotatable bonds is 8. The van der Waals surface area contributed by atoms with Crippen molar-refractivity contribution in [2.75, 3.05) is 0 Å². The van der Waals surface area contributed by atoms with E-state index in [9.17, 15) is 0 Å². The van der Waals surface area contributed by atoms with Gasteiger partial charge < -0.3 is 4.98 Å². The van der Waals surface area contributed by atoms with Crippen molar-refractivity contribution in [3.63, 3.8) is 0 Å². The Hall–Kier alpha value is -1.77. The zero-order chi connectivity index (χ0) is 17.5. The van der Waals surface area contributed by atoms with Crippen LogP contribution in [0.2, 0.25) is 10.0 Å². The summed E-state index contributed by atoms with van der Waals surface area (Å²) in [6.45, 7) is 0. The van der Waals surface area contributed by atoms with Gasteiger partial charge >= 0.3 is 0 Å². The molecule has 1 heterocycles. The molecule has 0 saturated heterocycles. The second kappa shape index (κ2) is 9.07. The van der Waals surface area contributed by atoms with Gasteiger partial charge in [-0.3, -0.25) is 0 Å². The fraction of sp³-hybridized carbons (Fsp3) is 0.286. The van der Waals surface area contributed by atoms with Crippen LogP contribution in [0.25, 0.3) is 0 Å². The highest BCUT2D eigenvalue weighted by Crippen LogP contribution is 2.23. The molecule has 0 amide bonds. The minimum absolute atomic E-state index is 0.554. The van der Waals surface area contributed by atoms with Crippen LogP contribution in [0.5, 0.6) is 0 Å². The topological polar surface area (TPSA) is 28.7 Å². The van der Waals surface area contributed by atoms with Gasteiger partial charge in [-0.2, -0.15) is 0 Å². The average molecular weight is 373 g/mol. The number of hydrogen-bond donors (Lipinski definition) is 1. The van der Waals surface area contributed by atoms with Crippen LogP contribution in [-0.4, -0.2) is 9.97 Å². The summed E-state index contributed by atoms with van der Waals surface area (Å²) >= 11 is 12.3. The van der Waals surface area contributed by atoms with E-state index in [-0.39, 0.29) is 0 Å². The molecule has 1 unspecified atom stereocenters. The molecule has 0 aliphatic carbocycles. The van der Waals surface area contributed by atoms with Crippen molar-refractivity contribution in [3.05, 3.63) is 87.9 Å². The maximum absolute atomic E-state index is 6.31. The van der Waals surface area contributed by atoms with Crippen LogP contribution < -0.4 is 0 Å². The predicted octanol–water partition coefficient (Wildman–Crippen LogP) is 6.14. The Bertz CT molecular complexity index is 767. The van der Waals surface area contributed by atoms with Gasteiger partial charge in [-0.1, -0.05) is 53.5 Å². The molecule has 1 aromatic heterocycles. The third-order valence-electron chi connectivity index (χ3n) is 4.57. The number of nitrogens with zero attached hydrogens (tertiary/aromatic N) is 1. The molecule has 0 aliphatic rings. The van der Waals surface area contributed by atoms with E-state index in [4.69, 9.17) is 23.2 Å². The highest BCUT2D eigenvalue weighted by molar-refractivity contribution is 6.31. The Kier molecular flexibility index (Phi) is 6.55. The number of nitrogens with one attached hydrogen (secondary N) is 1. The number of benzene rings is 2. The Labute approximate surface area is 159 Å². The van der Waals surface area contributed by atoms with Crippen LogP contribution in [0.1, 0.15) is 29.8 Å². The van der Waals surface area contributed by atoms with E-state index in [0.29, 0.717) is 5.92 Å². The minimum atomic E-state index is 0.554. The monoisotopic (exact) mass is 372 g/mol. The smallest absolute Gasteiger partial charge is 0.106 e. The Morgan fingerprint density at radius 1 is 0.920 bits per heavy atom. The standard InChI is InChI=1S/C21H22Cl2N2/c22-19-11-8-16(9-12-19)5-6-17(15-21-24-13-14-25-21)7-10-18-3-1-2-4-20(18)23/h1-4,8-9,11-14,17H,5-7,10,15H2,(H,24,25). The van der Waals surface area contributed by atoms with E-state index in [2.05, 4.69) is 34.2 Å². The molecule has 4 heteroatoms. The van der Waals surface area contributed by atoms with Gasteiger partial charge in [-0.25, -0.2) is 4.98 Å². The molecule has 0 fully saturated rings. The fourth-order valence-corrected chi connectivity index (χ4v) is 3.47. The maximum atomic E-state index is 6.31. The summed E-state index contributed by atoms with van der Waals surface area (Å²) < 4.78 is 0. The van der Waals surface area contributed by atoms with Gasteiger partial charge in [0.15, 0.2) is 0 Å². The molecule has 0 spiro atoms. The lowest BCUT2D eigenvalue weighted by Gasteiger charge is -2.16. The maximum Gasteiger partial charge on any atom is 0.106 e. The molecule has 3 aromatic rings. The van der Waals surface area contributed by atoms with Crippen LogP contribution in [-0.2, 0) is 19.3 Å². The Morgan fingerprint density at radius 3 is 2.40 bits per heavy atom. The van der Waals surface area contributed by atoms with Crippen LogP contribution in [0.4, 0.5) is 0 Å². The molecule has 0 saturated carbocycles. The number of imidazole rings is 1. The van der Waals surface area contributed by atoms with E-state index in [1.54, 1.807) is 0 Å². The van der Waals surface area contributed by atoms with Crippen LogP contribution in [0.15, 0.2) is 60.9 Å². The average Bonchev–Trinajstić information content (AvgIpc) is 3.13. The molecule has 0 bridgehead atoms. The molecule has 25 heavy (non-hydrogen) atoms. The number of halogens is 2. The molecule has 0 aliphatic heterocycles. The summed E-state index contributed by atoms with van der Waals surface area (Å²) in [6.07, 6.45) is 8.92. The van der Waals surface area contributed by atoms with Gasteiger partial charge in [-0.15, -0.1) is 0 Å². The quantitative estimate of drug-likeness (QED) is 0.505. The predicted molar refractivity (Wildman–Crippen MR) is 105 cm³/mol. The summed E-state index contributed by atoms with van der Waals surface area (Å²) in [6, 6.07) is 16.3. The van der Waals surface area contributed by atoms with Crippen LogP contribution in [0, 0.1) is 5.92 Å². The molecule has 0 radical (unpaired) electrons. The van der Waals surface area contributed by atoms with Gasteiger partial charge in [0.05, 0.1) is 0 Å². The first-order valence-electron chi connectivity index (χ1n) is 8.67. The van der Waals surface area contributed by atoms with Crippen molar-refractivity contribution in [3.8, 4) is 0 Å². The number of aromatic amines is 1. The van der Waals surface area contributed by atoms with E-state index >= 15 is 0 Å². The zero-order valence-electron chi connectivity index (χ0n) is 14.1. The lowest BCUT2D eigenvalue weighted by atomic mass is 9.90. The number of hydrogen-bond acceptors (Lipinski definition) is 1. The van der Waals surface area contributed by atoms with E-state index in [1.807, 2.05) is 36.7 Å². The van der Waals surface area contributed by atoms with Gasteiger partial charge in [0.25, 0.3) is 0 Å². The number of aromatic nitrogens is 2. The summed E-state index contributed by atoms with van der Waals surface area (Å²) in [4.78, 5) is 7.62. The van der Waals surface area contributed by atoms with Crippen molar-refractivity contribution < 1.29 is 0 Å². The third kappa shape index (κ3) is 5.62. The molecule has 2 nitrogen and oxygen atoms in total. The van der Waals surface area contributed by atoms with E-state index < -0.39 is 0 Å². The molecular formula is C21H22Cl2N2. The molecular weight excluding hydrogens is 351 g/mol. The van der Waals surface area contributed by atoms with Crippen molar-refractivity contribution in [2.24, 2.45) is 5.92 Å². The van der Waals surface area contributed by atoms with Crippen molar-refractivity contribution in [1.82, 2.24) is 9.97 Å². The summed E-state index contributed by atoms with van der Waals surface area (Å²) in [5.41, 5.74) is 2.55. The molecule has 2 aromatic carbocycles. The normalized spacial score (nSPS) is 12.2. The van der Waals surface area contributed by atoms with Gasteiger partial charge in [0.2, 0.25) is 0 Å². The fourth-order valence-electron chi connectivity index (χ4n) is 3.11. The summed E-state index contributed by atoms with van der Waals surface area (Å²) in [5.74, 6) is 1.61. The first kappa shape index (κ1) is 18.0. The van der Waals surface area contributed by atoms with E-state index in [0.717, 1.165) is 48.0 Å². The van der Waals surface area contributed by atoms with Crippen LogP contribution >= 0.6 is 23.2 Å². The number of H-pyrrole nitrogens is 1. The minimum Gasteiger partial charge on any atom is -0.349 e. The third-order valence-corrected chi connectivity index (χ3v) is 5.19. The second-order valence-electron chi connectivity index (χ2n) is 6.40. The van der Waals surface area contributed by atoms with Gasteiger partial charge in [0.1, 0.15) is 5.82 Å². The molecule has 1 N–H and O–H groups in total. The van der Waals surface area contributed by atoms with E-state index in [1.165, 1.54) is 11.1 Å². The lowest BCUT2D eigenvalue weighted by Crippen LogP contribution is -2.09. The second-order valence-corrected chi connectivity index (χ2v) is 7.24. The molecule has 130 valence electrons. The van der Waals surface area contributed by atoms with Gasteiger partial charge in [0, 0.05) is 28.9 Å². The SMILES string of the molecule is Clc1ccc(CCC(CCc2ccccc2Cl)Cc2ncc[nH]2)cc1. The van der Waals surface area contributed by atoms with Crippen molar-refractivity contribution in [2.45, 2.75) is 32.1 Å². The zero-order valence-corrected chi connectivity index (χ0v) is 15.6. The Balaban J connectivity index is 1.62. The first-order chi connectivity index (χ1) is 12.2.